The molecule has 2 rings (SSSR count). The normalized spacial score (nSPS) is 25.9. The minimum absolute atomic E-state index is 0.0127. The van der Waals surface area contributed by atoms with Crippen molar-refractivity contribution < 1.29 is 9.90 Å². The van der Waals surface area contributed by atoms with Crippen molar-refractivity contribution >= 4 is 5.91 Å². The van der Waals surface area contributed by atoms with Crippen molar-refractivity contribution in [3.63, 3.8) is 0 Å². The zero-order valence-corrected chi connectivity index (χ0v) is 9.49. The van der Waals surface area contributed by atoms with E-state index in [1.54, 1.807) is 4.90 Å². The summed E-state index contributed by atoms with van der Waals surface area (Å²) in [5.41, 5.74) is -0.547. The average Bonchev–Trinajstić information content (AvgIpc) is 2.95. The van der Waals surface area contributed by atoms with Crippen LogP contribution in [-0.4, -0.2) is 48.2 Å². The predicted octanol–water partition coefficient (Wildman–Crippen LogP) is -0.175. The van der Waals surface area contributed by atoms with Gasteiger partial charge in [-0.2, -0.15) is 0 Å². The summed E-state index contributed by atoms with van der Waals surface area (Å²) >= 11 is 0. The molecule has 0 aromatic carbocycles. The second kappa shape index (κ2) is 3.76. The summed E-state index contributed by atoms with van der Waals surface area (Å²) in [6, 6.07) is 0. The zero-order chi connectivity index (χ0) is 11.1. The highest BCUT2D eigenvalue weighted by atomic mass is 16.3. The summed E-state index contributed by atoms with van der Waals surface area (Å²) in [6.45, 7) is 3.72. The first-order valence-electron chi connectivity index (χ1n) is 5.72. The first-order valence-corrected chi connectivity index (χ1v) is 5.72. The van der Waals surface area contributed by atoms with Crippen molar-refractivity contribution in [2.75, 3.05) is 26.7 Å². The topological polar surface area (TPSA) is 52.6 Å². The number of likely N-dealkylation sites (tertiary alicyclic amines) is 1. The Balaban J connectivity index is 1.80. The Labute approximate surface area is 90.6 Å². The molecule has 1 amide bonds. The van der Waals surface area contributed by atoms with E-state index < -0.39 is 5.60 Å². The van der Waals surface area contributed by atoms with E-state index in [9.17, 15) is 9.90 Å². The van der Waals surface area contributed by atoms with E-state index in [2.05, 4.69) is 5.32 Å². The number of rotatable bonds is 4. The molecule has 1 saturated heterocycles. The molecule has 1 heterocycles. The lowest BCUT2D eigenvalue weighted by Crippen LogP contribution is -2.65. The van der Waals surface area contributed by atoms with Crippen LogP contribution >= 0.6 is 0 Å². The van der Waals surface area contributed by atoms with Crippen molar-refractivity contribution in [2.45, 2.75) is 25.4 Å². The lowest BCUT2D eigenvalue weighted by atomic mass is 9.87. The van der Waals surface area contributed by atoms with Crippen molar-refractivity contribution in [1.29, 1.82) is 0 Å². The molecule has 0 bridgehead atoms. The van der Waals surface area contributed by atoms with Gasteiger partial charge in [0, 0.05) is 12.5 Å². The van der Waals surface area contributed by atoms with Gasteiger partial charge in [0.1, 0.15) is 5.60 Å². The number of carbonyl (C=O) groups excluding carboxylic acids is 1. The Bertz CT molecular complexity index is 257. The molecule has 0 aromatic rings. The van der Waals surface area contributed by atoms with Crippen molar-refractivity contribution in [3.05, 3.63) is 0 Å². The first kappa shape index (κ1) is 10.9. The fourth-order valence-corrected chi connectivity index (χ4v) is 2.35. The Kier molecular flexibility index (Phi) is 2.73. The third kappa shape index (κ3) is 2.01. The molecule has 2 fully saturated rings. The standard InChI is InChI=1S/C11H20N2O2/c1-8(5-12-2)10(14)13-6-11(15,7-13)9-3-4-9/h8-9,12,15H,3-7H2,1-2H3. The van der Waals surface area contributed by atoms with Gasteiger partial charge in [-0.25, -0.2) is 0 Å². The number of aliphatic hydroxyl groups is 1. The van der Waals surface area contributed by atoms with E-state index in [4.69, 9.17) is 0 Å². The number of nitrogens with zero attached hydrogens (tertiary/aromatic N) is 1. The van der Waals surface area contributed by atoms with E-state index >= 15 is 0 Å². The van der Waals surface area contributed by atoms with E-state index in [1.165, 1.54) is 0 Å². The molecule has 1 aliphatic carbocycles. The Hall–Kier alpha value is -0.610. The SMILES string of the molecule is CNCC(C)C(=O)N1CC(O)(C2CC2)C1. The Morgan fingerprint density at radius 1 is 1.60 bits per heavy atom. The third-order valence-corrected chi connectivity index (χ3v) is 3.51. The van der Waals surface area contributed by atoms with Crippen LogP contribution in [0, 0.1) is 11.8 Å². The van der Waals surface area contributed by atoms with Gasteiger partial charge in [0.05, 0.1) is 13.1 Å². The van der Waals surface area contributed by atoms with Crippen LogP contribution in [0.4, 0.5) is 0 Å². The van der Waals surface area contributed by atoms with Crippen LogP contribution in [0.5, 0.6) is 0 Å². The van der Waals surface area contributed by atoms with Crippen LogP contribution in [0.2, 0.25) is 0 Å². The molecule has 4 heteroatoms. The number of β-amino-alcohol motifs (C(OH)–C–C–N with tert-alkyl or cyclic N) is 1. The smallest absolute Gasteiger partial charge is 0.226 e. The van der Waals surface area contributed by atoms with Crippen LogP contribution in [0.1, 0.15) is 19.8 Å². The summed E-state index contributed by atoms with van der Waals surface area (Å²) in [5.74, 6) is 0.634. The van der Waals surface area contributed by atoms with Gasteiger partial charge in [0.25, 0.3) is 0 Å². The van der Waals surface area contributed by atoms with Gasteiger partial charge in [-0.3, -0.25) is 4.79 Å². The third-order valence-electron chi connectivity index (χ3n) is 3.51. The van der Waals surface area contributed by atoms with Gasteiger partial charge in [0.2, 0.25) is 5.91 Å². The Morgan fingerprint density at radius 2 is 2.20 bits per heavy atom. The highest BCUT2D eigenvalue weighted by molar-refractivity contribution is 5.80. The molecule has 0 radical (unpaired) electrons. The quantitative estimate of drug-likeness (QED) is 0.680. The molecule has 86 valence electrons. The predicted molar refractivity (Wildman–Crippen MR) is 57.3 cm³/mol. The van der Waals surface area contributed by atoms with E-state index in [0.717, 1.165) is 12.8 Å². The monoisotopic (exact) mass is 212 g/mol. The second-order valence-corrected chi connectivity index (χ2v) is 5.03. The highest BCUT2D eigenvalue weighted by Crippen LogP contribution is 2.44. The number of carbonyl (C=O) groups is 1. The fourth-order valence-electron chi connectivity index (χ4n) is 2.35. The van der Waals surface area contributed by atoms with Gasteiger partial charge in [-0.05, 0) is 25.8 Å². The molecule has 0 spiro atoms. The van der Waals surface area contributed by atoms with Crippen LogP contribution in [-0.2, 0) is 4.79 Å². The maximum absolute atomic E-state index is 11.8. The summed E-state index contributed by atoms with van der Waals surface area (Å²) in [6.07, 6.45) is 2.26. The second-order valence-electron chi connectivity index (χ2n) is 5.03. The van der Waals surface area contributed by atoms with Gasteiger partial charge >= 0.3 is 0 Å². The molecular formula is C11H20N2O2. The molecule has 0 aromatic heterocycles. The van der Waals surface area contributed by atoms with Gasteiger partial charge in [-0.15, -0.1) is 0 Å². The number of nitrogens with one attached hydrogen (secondary N) is 1. The summed E-state index contributed by atoms with van der Waals surface area (Å²) in [7, 11) is 1.85. The summed E-state index contributed by atoms with van der Waals surface area (Å²) in [4.78, 5) is 13.6. The van der Waals surface area contributed by atoms with Crippen molar-refractivity contribution in [1.82, 2.24) is 10.2 Å². The van der Waals surface area contributed by atoms with E-state index in [1.807, 2.05) is 14.0 Å². The molecule has 1 unspecified atom stereocenters. The maximum atomic E-state index is 11.8. The van der Waals surface area contributed by atoms with Gasteiger partial charge in [-0.1, -0.05) is 6.92 Å². The van der Waals surface area contributed by atoms with E-state index in [0.29, 0.717) is 25.6 Å². The molecule has 15 heavy (non-hydrogen) atoms. The number of hydrogen-bond donors (Lipinski definition) is 2. The minimum Gasteiger partial charge on any atom is -0.386 e. The number of hydrogen-bond acceptors (Lipinski definition) is 3. The molecule has 1 saturated carbocycles. The molecular weight excluding hydrogens is 192 g/mol. The molecule has 1 aliphatic heterocycles. The molecule has 1 atom stereocenters. The van der Waals surface area contributed by atoms with Gasteiger partial charge < -0.3 is 15.3 Å². The molecule has 2 N–H and O–H groups in total. The fraction of sp³-hybridized carbons (Fsp3) is 0.909. The van der Waals surface area contributed by atoms with Crippen LogP contribution in [0.3, 0.4) is 0 Å². The lowest BCUT2D eigenvalue weighted by molar-refractivity contribution is -0.162. The largest absolute Gasteiger partial charge is 0.386 e. The number of amides is 1. The zero-order valence-electron chi connectivity index (χ0n) is 9.49. The molecule has 2 aliphatic rings. The minimum atomic E-state index is -0.547. The van der Waals surface area contributed by atoms with Crippen LogP contribution in [0.15, 0.2) is 0 Å². The molecule has 4 nitrogen and oxygen atoms in total. The maximum Gasteiger partial charge on any atom is 0.226 e. The lowest BCUT2D eigenvalue weighted by Gasteiger charge is -2.47. The first-order chi connectivity index (χ1) is 7.07. The van der Waals surface area contributed by atoms with Crippen molar-refractivity contribution in [2.24, 2.45) is 11.8 Å². The van der Waals surface area contributed by atoms with E-state index in [-0.39, 0.29) is 11.8 Å². The van der Waals surface area contributed by atoms with Crippen LogP contribution < -0.4 is 5.32 Å². The van der Waals surface area contributed by atoms with Crippen molar-refractivity contribution in [3.8, 4) is 0 Å². The summed E-state index contributed by atoms with van der Waals surface area (Å²) in [5, 5.41) is 13.1. The average molecular weight is 212 g/mol. The Morgan fingerprint density at radius 3 is 2.67 bits per heavy atom. The highest BCUT2D eigenvalue weighted by Gasteiger charge is 2.53. The summed E-state index contributed by atoms with van der Waals surface area (Å²) < 4.78 is 0. The van der Waals surface area contributed by atoms with Gasteiger partial charge in [0.15, 0.2) is 0 Å². The van der Waals surface area contributed by atoms with Crippen LogP contribution in [0.25, 0.3) is 0 Å².